The highest BCUT2D eigenvalue weighted by molar-refractivity contribution is 5.73. The van der Waals surface area contributed by atoms with Gasteiger partial charge < -0.3 is 14.2 Å². The van der Waals surface area contributed by atoms with E-state index in [0.717, 1.165) is 18.4 Å². The third-order valence-electron chi connectivity index (χ3n) is 3.29. The first-order valence-corrected chi connectivity index (χ1v) is 6.79. The number of hydrogen-bond donors (Lipinski definition) is 0. The maximum Gasteiger partial charge on any atom is 0.310 e. The van der Waals surface area contributed by atoms with Crippen LogP contribution < -0.4 is 4.74 Å². The lowest BCUT2D eigenvalue weighted by Gasteiger charge is -2.15. The Morgan fingerprint density at radius 2 is 2.30 bits per heavy atom. The van der Waals surface area contributed by atoms with Crippen molar-refractivity contribution in [1.82, 2.24) is 0 Å². The summed E-state index contributed by atoms with van der Waals surface area (Å²) in [6, 6.07) is 3.19. The summed E-state index contributed by atoms with van der Waals surface area (Å²) in [6.45, 7) is 2.72. The molecule has 0 bridgehead atoms. The zero-order valence-electron chi connectivity index (χ0n) is 11.8. The summed E-state index contributed by atoms with van der Waals surface area (Å²) >= 11 is 0. The zero-order valence-corrected chi connectivity index (χ0v) is 11.8. The number of esters is 1. The molecule has 110 valence electrons. The highest BCUT2D eigenvalue weighted by Crippen LogP contribution is 2.33. The van der Waals surface area contributed by atoms with Crippen molar-refractivity contribution in [2.24, 2.45) is 0 Å². The van der Waals surface area contributed by atoms with Gasteiger partial charge in [0.25, 0.3) is 0 Å². The lowest BCUT2D eigenvalue weighted by Crippen LogP contribution is -2.10. The van der Waals surface area contributed by atoms with Crippen LogP contribution in [0, 0.1) is 5.82 Å². The summed E-state index contributed by atoms with van der Waals surface area (Å²) < 4.78 is 29.6. The van der Waals surface area contributed by atoms with Gasteiger partial charge in [0, 0.05) is 12.2 Å². The van der Waals surface area contributed by atoms with E-state index in [4.69, 9.17) is 14.2 Å². The molecule has 2 rings (SSSR count). The average Bonchev–Trinajstić information content (AvgIpc) is 2.92. The summed E-state index contributed by atoms with van der Waals surface area (Å²) in [7, 11) is 1.39. The molecule has 1 unspecified atom stereocenters. The lowest BCUT2D eigenvalue weighted by atomic mass is 10.0. The van der Waals surface area contributed by atoms with E-state index in [1.807, 2.05) is 0 Å². The summed E-state index contributed by atoms with van der Waals surface area (Å²) in [6.07, 6.45) is 1.72. The minimum absolute atomic E-state index is 0.00546. The lowest BCUT2D eigenvalue weighted by molar-refractivity contribution is -0.142. The van der Waals surface area contributed by atoms with E-state index in [0.29, 0.717) is 18.8 Å². The predicted octanol–water partition coefficient (Wildman–Crippen LogP) is 2.79. The Kier molecular flexibility index (Phi) is 4.95. The van der Waals surface area contributed by atoms with Crippen molar-refractivity contribution in [3.05, 3.63) is 29.1 Å². The first-order valence-electron chi connectivity index (χ1n) is 6.79. The van der Waals surface area contributed by atoms with Crippen LogP contribution in [0.1, 0.15) is 37.0 Å². The predicted molar refractivity (Wildman–Crippen MR) is 71.2 cm³/mol. The molecule has 1 heterocycles. The fraction of sp³-hybridized carbons (Fsp3) is 0.533. The van der Waals surface area contributed by atoms with E-state index >= 15 is 0 Å². The van der Waals surface area contributed by atoms with Gasteiger partial charge in [-0.2, -0.15) is 0 Å². The number of hydrogen-bond acceptors (Lipinski definition) is 4. The van der Waals surface area contributed by atoms with Crippen molar-refractivity contribution in [2.45, 2.75) is 32.3 Å². The highest BCUT2D eigenvalue weighted by Gasteiger charge is 2.22. The topological polar surface area (TPSA) is 44.8 Å². The molecule has 1 aromatic carbocycles. The SMILES string of the molecule is CCOC(=O)Cc1cc(C2CCCO2)cc(F)c1OC. The normalized spacial score (nSPS) is 18.1. The summed E-state index contributed by atoms with van der Waals surface area (Å²) in [5, 5.41) is 0. The second-order valence-corrected chi connectivity index (χ2v) is 4.68. The zero-order chi connectivity index (χ0) is 14.5. The van der Waals surface area contributed by atoms with Crippen molar-refractivity contribution < 1.29 is 23.4 Å². The molecule has 0 aromatic heterocycles. The Balaban J connectivity index is 2.28. The van der Waals surface area contributed by atoms with Gasteiger partial charge in [0.15, 0.2) is 11.6 Å². The van der Waals surface area contributed by atoms with Crippen LogP contribution in [0.2, 0.25) is 0 Å². The van der Waals surface area contributed by atoms with Crippen LogP contribution in [0.5, 0.6) is 5.75 Å². The third kappa shape index (κ3) is 3.28. The van der Waals surface area contributed by atoms with Gasteiger partial charge in [0.05, 0.1) is 26.2 Å². The Labute approximate surface area is 117 Å². The van der Waals surface area contributed by atoms with Crippen molar-refractivity contribution in [1.29, 1.82) is 0 Å². The molecule has 5 heteroatoms. The molecule has 1 fully saturated rings. The summed E-state index contributed by atoms with van der Waals surface area (Å²) in [5.41, 5.74) is 1.25. The molecule has 0 amide bonds. The molecular weight excluding hydrogens is 263 g/mol. The highest BCUT2D eigenvalue weighted by atomic mass is 19.1. The van der Waals surface area contributed by atoms with Crippen LogP contribution in [0.4, 0.5) is 4.39 Å². The first-order chi connectivity index (χ1) is 9.65. The summed E-state index contributed by atoms with van der Waals surface area (Å²) in [5.74, 6) is -0.769. The van der Waals surface area contributed by atoms with Crippen molar-refractivity contribution in [3.63, 3.8) is 0 Å². The fourth-order valence-electron chi connectivity index (χ4n) is 2.43. The van der Waals surface area contributed by atoms with Crippen molar-refractivity contribution in [2.75, 3.05) is 20.3 Å². The Bertz CT molecular complexity index is 481. The van der Waals surface area contributed by atoms with E-state index in [-0.39, 0.29) is 18.3 Å². The van der Waals surface area contributed by atoms with Gasteiger partial charge in [-0.25, -0.2) is 4.39 Å². The number of carbonyl (C=O) groups excluding carboxylic acids is 1. The number of ether oxygens (including phenoxy) is 3. The molecule has 4 nitrogen and oxygen atoms in total. The molecule has 1 atom stereocenters. The minimum Gasteiger partial charge on any atom is -0.493 e. The average molecular weight is 282 g/mol. The van der Waals surface area contributed by atoms with Crippen LogP contribution in [-0.2, 0) is 20.7 Å². The standard InChI is InChI=1S/C15H19FO4/c1-3-19-14(17)9-11-7-10(13-5-4-6-20-13)8-12(16)15(11)18-2/h7-8,13H,3-6,9H2,1-2H3. The second kappa shape index (κ2) is 6.70. The largest absolute Gasteiger partial charge is 0.493 e. The number of halogens is 1. The monoisotopic (exact) mass is 282 g/mol. The molecule has 20 heavy (non-hydrogen) atoms. The Morgan fingerprint density at radius 3 is 2.90 bits per heavy atom. The molecular formula is C15H19FO4. The van der Waals surface area contributed by atoms with E-state index < -0.39 is 11.8 Å². The van der Waals surface area contributed by atoms with Crippen LogP contribution >= 0.6 is 0 Å². The maximum atomic E-state index is 14.1. The molecule has 0 spiro atoms. The van der Waals surface area contributed by atoms with Gasteiger partial charge in [0.2, 0.25) is 0 Å². The first kappa shape index (κ1) is 14.8. The summed E-state index contributed by atoms with van der Waals surface area (Å²) in [4.78, 5) is 11.6. The fourth-order valence-corrected chi connectivity index (χ4v) is 2.43. The van der Waals surface area contributed by atoms with E-state index in [1.54, 1.807) is 13.0 Å². The molecule has 1 aliphatic heterocycles. The van der Waals surface area contributed by atoms with Crippen LogP contribution in [0.15, 0.2) is 12.1 Å². The smallest absolute Gasteiger partial charge is 0.310 e. The molecule has 1 aromatic rings. The molecule has 1 saturated heterocycles. The number of methoxy groups -OCH3 is 1. The Hall–Kier alpha value is -1.62. The number of benzene rings is 1. The van der Waals surface area contributed by atoms with Gasteiger partial charge >= 0.3 is 5.97 Å². The molecule has 0 radical (unpaired) electrons. The van der Waals surface area contributed by atoms with Gasteiger partial charge in [-0.15, -0.1) is 0 Å². The molecule has 0 N–H and O–H groups in total. The van der Waals surface area contributed by atoms with Gasteiger partial charge in [0.1, 0.15) is 0 Å². The van der Waals surface area contributed by atoms with Crippen molar-refractivity contribution in [3.8, 4) is 5.75 Å². The minimum atomic E-state index is -0.472. The van der Waals surface area contributed by atoms with Gasteiger partial charge in [-0.3, -0.25) is 4.79 Å². The van der Waals surface area contributed by atoms with Gasteiger partial charge in [-0.1, -0.05) is 0 Å². The van der Waals surface area contributed by atoms with Crippen LogP contribution in [0.3, 0.4) is 0 Å². The molecule has 1 aliphatic rings. The molecule has 0 saturated carbocycles. The van der Waals surface area contributed by atoms with Crippen LogP contribution in [0.25, 0.3) is 0 Å². The third-order valence-corrected chi connectivity index (χ3v) is 3.29. The van der Waals surface area contributed by atoms with E-state index in [9.17, 15) is 9.18 Å². The number of carbonyl (C=O) groups is 1. The van der Waals surface area contributed by atoms with E-state index in [2.05, 4.69) is 0 Å². The second-order valence-electron chi connectivity index (χ2n) is 4.68. The van der Waals surface area contributed by atoms with Gasteiger partial charge in [-0.05, 0) is 37.5 Å². The Morgan fingerprint density at radius 1 is 1.50 bits per heavy atom. The van der Waals surface area contributed by atoms with E-state index in [1.165, 1.54) is 13.2 Å². The molecule has 0 aliphatic carbocycles. The van der Waals surface area contributed by atoms with Crippen LogP contribution in [-0.4, -0.2) is 26.3 Å². The maximum absolute atomic E-state index is 14.1. The van der Waals surface area contributed by atoms with Crippen molar-refractivity contribution >= 4 is 5.97 Å². The number of rotatable bonds is 5. The quantitative estimate of drug-likeness (QED) is 0.779.